The summed E-state index contributed by atoms with van der Waals surface area (Å²) in [6.07, 6.45) is 34.4. The summed E-state index contributed by atoms with van der Waals surface area (Å²) in [4.78, 5) is 11.6. The zero-order chi connectivity index (χ0) is 21.3. The van der Waals surface area contributed by atoms with E-state index in [1.54, 1.807) is 0 Å². The molecular formula is C26H44N2O. The van der Waals surface area contributed by atoms with E-state index in [2.05, 4.69) is 73.0 Å². The predicted molar refractivity (Wildman–Crippen MR) is 129 cm³/mol. The zero-order valence-corrected chi connectivity index (χ0v) is 18.7. The summed E-state index contributed by atoms with van der Waals surface area (Å²) in [6.45, 7) is 3.62. The molecule has 3 N–H and O–H groups in total. The number of carbonyl (C=O) groups is 1. The maximum absolute atomic E-state index is 11.6. The van der Waals surface area contributed by atoms with Crippen LogP contribution in [0.3, 0.4) is 0 Å². The molecule has 0 radical (unpaired) electrons. The van der Waals surface area contributed by atoms with Gasteiger partial charge >= 0.3 is 0 Å². The van der Waals surface area contributed by atoms with Gasteiger partial charge in [0.25, 0.3) is 0 Å². The molecule has 164 valence electrons. The summed E-state index contributed by atoms with van der Waals surface area (Å²) in [7, 11) is 0. The van der Waals surface area contributed by atoms with Crippen LogP contribution >= 0.6 is 0 Å². The van der Waals surface area contributed by atoms with Gasteiger partial charge in [-0.3, -0.25) is 4.79 Å². The highest BCUT2D eigenvalue weighted by Crippen LogP contribution is 2.04. The van der Waals surface area contributed by atoms with Gasteiger partial charge in [0.2, 0.25) is 5.91 Å². The second-order valence-corrected chi connectivity index (χ2v) is 7.15. The quantitative estimate of drug-likeness (QED) is 0.191. The van der Waals surface area contributed by atoms with Crippen molar-refractivity contribution >= 4 is 5.91 Å². The van der Waals surface area contributed by atoms with Gasteiger partial charge in [-0.25, -0.2) is 0 Å². The Labute approximate surface area is 179 Å². The second kappa shape index (κ2) is 24.2. The van der Waals surface area contributed by atoms with Crippen LogP contribution in [-0.2, 0) is 4.79 Å². The number of rotatable bonds is 19. The zero-order valence-electron chi connectivity index (χ0n) is 18.7. The lowest BCUT2D eigenvalue weighted by molar-refractivity contribution is -0.121. The number of hydrogen-bond acceptors (Lipinski definition) is 2. The fourth-order valence-electron chi connectivity index (χ4n) is 2.68. The Kier molecular flexibility index (Phi) is 22.6. The fraction of sp³-hybridized carbons (Fsp3) is 0.577. The van der Waals surface area contributed by atoms with Crippen molar-refractivity contribution in [3.8, 4) is 0 Å². The molecule has 0 aromatic heterocycles. The van der Waals surface area contributed by atoms with Crippen LogP contribution in [0.1, 0.15) is 84.0 Å². The van der Waals surface area contributed by atoms with Gasteiger partial charge in [0.05, 0.1) is 0 Å². The monoisotopic (exact) mass is 400 g/mol. The molecule has 0 aromatic rings. The van der Waals surface area contributed by atoms with E-state index in [1.807, 2.05) is 0 Å². The summed E-state index contributed by atoms with van der Waals surface area (Å²) in [6, 6.07) is 0. The molecular weight excluding hydrogens is 356 g/mol. The summed E-state index contributed by atoms with van der Waals surface area (Å²) < 4.78 is 0. The van der Waals surface area contributed by atoms with Crippen LogP contribution in [-0.4, -0.2) is 19.0 Å². The first-order valence-electron chi connectivity index (χ1n) is 11.5. The van der Waals surface area contributed by atoms with E-state index < -0.39 is 0 Å². The summed E-state index contributed by atoms with van der Waals surface area (Å²) in [5, 5.41) is 2.95. The molecule has 0 spiro atoms. The van der Waals surface area contributed by atoms with Crippen LogP contribution < -0.4 is 11.1 Å². The molecule has 0 aliphatic rings. The molecule has 0 aliphatic carbocycles. The van der Waals surface area contributed by atoms with Gasteiger partial charge in [0.15, 0.2) is 0 Å². The number of nitrogens with two attached hydrogens (primary N) is 1. The minimum Gasteiger partial charge on any atom is -0.356 e. The number of amides is 1. The highest BCUT2D eigenvalue weighted by molar-refractivity contribution is 5.75. The van der Waals surface area contributed by atoms with Crippen molar-refractivity contribution in [1.29, 1.82) is 0 Å². The summed E-state index contributed by atoms with van der Waals surface area (Å²) >= 11 is 0. The minimum atomic E-state index is 0.178. The summed E-state index contributed by atoms with van der Waals surface area (Å²) in [5.41, 5.74) is 5.43. The van der Waals surface area contributed by atoms with Crippen LogP contribution in [0.2, 0.25) is 0 Å². The Morgan fingerprint density at radius 3 is 1.79 bits per heavy atom. The second-order valence-electron chi connectivity index (χ2n) is 7.15. The average Bonchev–Trinajstić information content (AvgIpc) is 2.73. The summed E-state index contributed by atoms with van der Waals surface area (Å²) in [5.74, 6) is 0.178. The van der Waals surface area contributed by atoms with Crippen LogP contribution in [0.25, 0.3) is 0 Å². The van der Waals surface area contributed by atoms with Gasteiger partial charge < -0.3 is 11.1 Å². The molecule has 29 heavy (non-hydrogen) atoms. The fourth-order valence-corrected chi connectivity index (χ4v) is 2.68. The molecule has 3 nitrogen and oxygen atoms in total. The number of hydrogen-bond donors (Lipinski definition) is 2. The van der Waals surface area contributed by atoms with Crippen LogP contribution in [0.4, 0.5) is 0 Å². The third-order valence-electron chi connectivity index (χ3n) is 4.39. The van der Waals surface area contributed by atoms with Gasteiger partial charge in [-0.05, 0) is 70.8 Å². The van der Waals surface area contributed by atoms with Crippen molar-refractivity contribution in [2.24, 2.45) is 5.73 Å². The number of allylic oxidation sites excluding steroid dienone is 10. The van der Waals surface area contributed by atoms with Crippen molar-refractivity contribution in [2.75, 3.05) is 13.1 Å². The Morgan fingerprint density at radius 1 is 0.690 bits per heavy atom. The number of unbranched alkanes of at least 4 members (excludes halogenated alkanes) is 4. The van der Waals surface area contributed by atoms with E-state index in [0.717, 1.165) is 77.2 Å². The maximum Gasteiger partial charge on any atom is 0.219 e. The largest absolute Gasteiger partial charge is 0.356 e. The lowest BCUT2D eigenvalue weighted by Gasteiger charge is -2.04. The van der Waals surface area contributed by atoms with E-state index in [9.17, 15) is 4.79 Å². The Bertz CT molecular complexity index is 501. The van der Waals surface area contributed by atoms with Gasteiger partial charge in [-0.2, -0.15) is 0 Å². The molecule has 0 unspecified atom stereocenters. The van der Waals surface area contributed by atoms with Crippen molar-refractivity contribution in [3.05, 3.63) is 60.8 Å². The van der Waals surface area contributed by atoms with Gasteiger partial charge in [-0.1, -0.05) is 74.1 Å². The Morgan fingerprint density at radius 2 is 1.24 bits per heavy atom. The smallest absolute Gasteiger partial charge is 0.219 e. The molecule has 0 bridgehead atoms. The molecule has 0 saturated carbocycles. The molecule has 0 rings (SSSR count). The number of nitrogens with one attached hydrogen (secondary N) is 1. The van der Waals surface area contributed by atoms with Crippen molar-refractivity contribution < 1.29 is 4.79 Å². The van der Waals surface area contributed by atoms with Crippen LogP contribution in [0, 0.1) is 0 Å². The normalized spacial score (nSPS) is 12.5. The molecule has 0 heterocycles. The first-order valence-corrected chi connectivity index (χ1v) is 11.5. The molecule has 0 atom stereocenters. The average molecular weight is 401 g/mol. The highest BCUT2D eigenvalue weighted by atomic mass is 16.1. The van der Waals surface area contributed by atoms with Crippen LogP contribution in [0.5, 0.6) is 0 Å². The minimum absolute atomic E-state index is 0.178. The van der Waals surface area contributed by atoms with Crippen LogP contribution in [0.15, 0.2) is 60.8 Å². The van der Waals surface area contributed by atoms with Crippen molar-refractivity contribution in [3.63, 3.8) is 0 Å². The van der Waals surface area contributed by atoms with E-state index in [1.165, 1.54) is 0 Å². The van der Waals surface area contributed by atoms with Gasteiger partial charge in [0.1, 0.15) is 0 Å². The lowest BCUT2D eigenvalue weighted by atomic mass is 10.1. The topological polar surface area (TPSA) is 55.1 Å². The lowest BCUT2D eigenvalue weighted by Crippen LogP contribution is -2.24. The molecule has 0 aliphatic heterocycles. The molecule has 0 saturated heterocycles. The van der Waals surface area contributed by atoms with E-state index in [4.69, 9.17) is 5.73 Å². The molecule has 0 fully saturated rings. The predicted octanol–water partition coefficient (Wildman–Crippen LogP) is 6.54. The molecule has 1 amide bonds. The van der Waals surface area contributed by atoms with Gasteiger partial charge in [-0.15, -0.1) is 0 Å². The first-order chi connectivity index (χ1) is 14.3. The Balaban J connectivity index is 3.43. The third kappa shape index (κ3) is 24.1. The molecule has 0 aromatic carbocycles. The van der Waals surface area contributed by atoms with Gasteiger partial charge in [0, 0.05) is 13.0 Å². The standard InChI is InChI=1S/C26H44N2O/c1-2-3-4-5-6-7-8-9-10-11-12-13-14-15-16-17-18-19-20-23-26(29)28-25-22-21-24-27/h3-4,6-7,9-10,12-13,15-16H,2,5,8,11,14,17-25,27H2,1H3,(H,28,29)/b4-3-,7-6-,10-9-,13-12-,16-15-. The highest BCUT2D eigenvalue weighted by Gasteiger charge is 1.99. The van der Waals surface area contributed by atoms with Crippen molar-refractivity contribution in [1.82, 2.24) is 5.32 Å². The molecule has 3 heteroatoms. The van der Waals surface area contributed by atoms with E-state index in [0.29, 0.717) is 13.0 Å². The van der Waals surface area contributed by atoms with E-state index >= 15 is 0 Å². The third-order valence-corrected chi connectivity index (χ3v) is 4.39. The maximum atomic E-state index is 11.6. The first kappa shape index (κ1) is 27.1. The number of carbonyl (C=O) groups excluding carboxylic acids is 1. The van der Waals surface area contributed by atoms with E-state index in [-0.39, 0.29) is 5.91 Å². The van der Waals surface area contributed by atoms with Crippen molar-refractivity contribution in [2.45, 2.75) is 84.0 Å². The SMILES string of the molecule is CC/C=C\C/C=C\C/C=C\C/C=C\C/C=C\CCCCCC(=O)NCCCCN. The Hall–Kier alpha value is -1.87.